The maximum Gasteiger partial charge on any atom is 0.337 e. The number of unbranched alkanes of at least 4 members (excludes halogenated alkanes) is 14. The Morgan fingerprint density at radius 1 is 0.825 bits per heavy atom. The highest BCUT2D eigenvalue weighted by Crippen LogP contribution is 2.48. The molecule has 0 radical (unpaired) electrons. The largest absolute Gasteiger partial charge is 0.460 e. The predicted octanol–water partition coefficient (Wildman–Crippen LogP) is 8.84. The van der Waals surface area contributed by atoms with Gasteiger partial charge in [0.05, 0.1) is 17.7 Å². The monoisotopic (exact) mass is 561 g/mol. The first-order valence-electron chi connectivity index (χ1n) is 16.4. The molecular weight excluding hydrogens is 498 g/mol. The van der Waals surface area contributed by atoms with Crippen molar-refractivity contribution < 1.29 is 19.4 Å². The van der Waals surface area contributed by atoms with E-state index in [0.29, 0.717) is 18.5 Å². The van der Waals surface area contributed by atoms with E-state index in [2.05, 4.69) is 33.0 Å². The number of aliphatic hydroxyl groups is 1. The lowest BCUT2D eigenvalue weighted by Gasteiger charge is -2.49. The quantitative estimate of drug-likeness (QED) is 0.115. The molecule has 0 spiro atoms. The van der Waals surface area contributed by atoms with Crippen LogP contribution in [0.1, 0.15) is 151 Å². The van der Waals surface area contributed by atoms with Crippen LogP contribution in [0, 0.1) is 16.7 Å². The van der Waals surface area contributed by atoms with Gasteiger partial charge in [-0.15, -0.1) is 0 Å². The Morgan fingerprint density at radius 3 is 1.75 bits per heavy atom. The summed E-state index contributed by atoms with van der Waals surface area (Å²) in [5, 5.41) is 14.3. The molecule has 0 aromatic heterocycles. The van der Waals surface area contributed by atoms with E-state index in [1.54, 1.807) is 12.2 Å². The fourth-order valence-corrected chi connectivity index (χ4v) is 5.61. The molecule has 0 aromatic rings. The SMILES string of the molecule is CCCCCCCCCCCCCCCCCC(=O)NCCOC(=O)C1=CC(C(C)(C)C)C(O)(C(C)(C)C)C=C1. The molecule has 5 nitrogen and oxygen atoms in total. The number of rotatable bonds is 20. The molecule has 1 aliphatic rings. The minimum atomic E-state index is -1.06. The van der Waals surface area contributed by atoms with Crippen molar-refractivity contribution in [3.05, 3.63) is 23.8 Å². The molecule has 0 aromatic carbocycles. The Labute approximate surface area is 247 Å². The normalized spacial score (nSPS) is 19.4. The number of amides is 1. The molecule has 0 bridgehead atoms. The summed E-state index contributed by atoms with van der Waals surface area (Å²) in [5.74, 6) is -0.633. The summed E-state index contributed by atoms with van der Waals surface area (Å²) in [7, 11) is 0. The lowest BCUT2D eigenvalue weighted by molar-refractivity contribution is -0.139. The van der Waals surface area contributed by atoms with Crippen LogP contribution in [0.3, 0.4) is 0 Å². The average molecular weight is 562 g/mol. The van der Waals surface area contributed by atoms with Crippen LogP contribution in [0.4, 0.5) is 0 Å². The Hall–Kier alpha value is -1.62. The summed E-state index contributed by atoms with van der Waals surface area (Å²) < 4.78 is 5.42. The van der Waals surface area contributed by atoms with E-state index < -0.39 is 11.6 Å². The third-order valence-corrected chi connectivity index (χ3v) is 8.37. The highest BCUT2D eigenvalue weighted by atomic mass is 16.5. The topological polar surface area (TPSA) is 75.6 Å². The molecular formula is C35H63NO4. The average Bonchev–Trinajstić information content (AvgIpc) is 2.87. The van der Waals surface area contributed by atoms with Crippen molar-refractivity contribution in [1.82, 2.24) is 5.32 Å². The first kappa shape index (κ1) is 36.4. The third-order valence-electron chi connectivity index (χ3n) is 8.37. The number of carbonyl (C=O) groups is 2. The molecule has 0 saturated carbocycles. The van der Waals surface area contributed by atoms with Crippen molar-refractivity contribution in [3.8, 4) is 0 Å². The molecule has 232 valence electrons. The molecule has 0 aliphatic heterocycles. The first-order chi connectivity index (χ1) is 18.8. The van der Waals surface area contributed by atoms with Gasteiger partial charge in [0.15, 0.2) is 0 Å². The summed E-state index contributed by atoms with van der Waals surface area (Å²) in [5.41, 5.74) is -1.22. The Morgan fingerprint density at radius 2 is 1.30 bits per heavy atom. The minimum Gasteiger partial charge on any atom is -0.460 e. The van der Waals surface area contributed by atoms with Gasteiger partial charge in [-0.2, -0.15) is 0 Å². The van der Waals surface area contributed by atoms with Crippen LogP contribution < -0.4 is 5.32 Å². The smallest absolute Gasteiger partial charge is 0.337 e. The van der Waals surface area contributed by atoms with E-state index in [9.17, 15) is 14.7 Å². The van der Waals surface area contributed by atoms with Crippen LogP contribution in [0.5, 0.6) is 0 Å². The number of carbonyl (C=O) groups excluding carboxylic acids is 2. The highest BCUT2D eigenvalue weighted by molar-refractivity contribution is 5.92. The van der Waals surface area contributed by atoms with E-state index >= 15 is 0 Å². The van der Waals surface area contributed by atoms with Crippen molar-refractivity contribution >= 4 is 11.9 Å². The van der Waals surface area contributed by atoms with Crippen LogP contribution in [0.25, 0.3) is 0 Å². The summed E-state index contributed by atoms with van der Waals surface area (Å²) >= 11 is 0. The lowest BCUT2D eigenvalue weighted by Crippen LogP contribution is -2.52. The Balaban J connectivity index is 2.12. The zero-order valence-electron chi connectivity index (χ0n) is 27.2. The van der Waals surface area contributed by atoms with Gasteiger partial charge < -0.3 is 15.2 Å². The molecule has 5 heteroatoms. The summed E-state index contributed by atoms with van der Waals surface area (Å²) in [6.45, 7) is 15.0. The molecule has 40 heavy (non-hydrogen) atoms. The van der Waals surface area contributed by atoms with Crippen LogP contribution in [0.15, 0.2) is 23.8 Å². The van der Waals surface area contributed by atoms with Gasteiger partial charge in [0.1, 0.15) is 6.61 Å². The first-order valence-corrected chi connectivity index (χ1v) is 16.4. The van der Waals surface area contributed by atoms with Crippen LogP contribution >= 0.6 is 0 Å². The molecule has 0 fully saturated rings. The molecule has 0 saturated heterocycles. The Kier molecular flexibility index (Phi) is 17.1. The number of hydrogen-bond acceptors (Lipinski definition) is 4. The van der Waals surface area contributed by atoms with Crippen molar-refractivity contribution in [3.63, 3.8) is 0 Å². The van der Waals surface area contributed by atoms with Crippen molar-refractivity contribution in [1.29, 1.82) is 0 Å². The standard InChI is InChI=1S/C35H63NO4/c1-8-9-10-11-12-13-14-15-16-17-18-19-20-21-22-23-31(37)36-26-27-40-32(38)29-24-25-35(39,34(5,6)7)30(28-29)33(2,3)4/h24-25,28,30,39H,8-23,26-27H2,1-7H3,(H,36,37). The molecule has 2 N–H and O–H groups in total. The number of nitrogens with one attached hydrogen (secondary N) is 1. The van der Waals surface area contributed by atoms with Crippen molar-refractivity contribution in [2.24, 2.45) is 16.7 Å². The lowest BCUT2D eigenvalue weighted by atomic mass is 9.59. The van der Waals surface area contributed by atoms with E-state index in [0.717, 1.165) is 12.8 Å². The van der Waals surface area contributed by atoms with Crippen molar-refractivity contribution in [2.75, 3.05) is 13.2 Å². The zero-order chi connectivity index (χ0) is 30.1. The third kappa shape index (κ3) is 13.8. The van der Waals surface area contributed by atoms with Gasteiger partial charge in [-0.1, -0.05) is 151 Å². The maximum atomic E-state index is 12.7. The van der Waals surface area contributed by atoms with Gasteiger partial charge in [0.2, 0.25) is 5.91 Å². The summed E-state index contributed by atoms with van der Waals surface area (Å²) in [6.07, 6.45) is 25.4. The minimum absolute atomic E-state index is 0.0190. The van der Waals surface area contributed by atoms with E-state index in [1.165, 1.54) is 83.5 Å². The molecule has 1 amide bonds. The van der Waals surface area contributed by atoms with Gasteiger partial charge in [0, 0.05) is 12.3 Å². The van der Waals surface area contributed by atoms with Gasteiger partial charge >= 0.3 is 5.97 Å². The molecule has 1 rings (SSSR count). The molecule has 2 unspecified atom stereocenters. The molecule has 0 heterocycles. The van der Waals surface area contributed by atoms with Crippen LogP contribution in [-0.2, 0) is 14.3 Å². The molecule has 2 atom stereocenters. The number of ether oxygens (including phenoxy) is 1. The second-order valence-electron chi connectivity index (χ2n) is 14.1. The van der Waals surface area contributed by atoms with Crippen molar-refractivity contribution in [2.45, 2.75) is 157 Å². The van der Waals surface area contributed by atoms with Crippen LogP contribution in [0.2, 0.25) is 0 Å². The summed E-state index contributed by atoms with van der Waals surface area (Å²) in [6, 6.07) is 0. The van der Waals surface area contributed by atoms with Gasteiger partial charge in [-0.25, -0.2) is 4.79 Å². The maximum absolute atomic E-state index is 12.7. The second kappa shape index (κ2) is 18.7. The predicted molar refractivity (Wildman–Crippen MR) is 168 cm³/mol. The zero-order valence-corrected chi connectivity index (χ0v) is 27.2. The van der Waals surface area contributed by atoms with E-state index in [-0.39, 0.29) is 29.3 Å². The fourth-order valence-electron chi connectivity index (χ4n) is 5.61. The Bertz CT molecular complexity index is 786. The fraction of sp³-hybridized carbons (Fsp3) is 0.829. The highest BCUT2D eigenvalue weighted by Gasteiger charge is 2.50. The van der Waals surface area contributed by atoms with Crippen LogP contribution in [-0.4, -0.2) is 35.7 Å². The van der Waals surface area contributed by atoms with E-state index in [1.807, 2.05) is 26.8 Å². The van der Waals surface area contributed by atoms with Gasteiger partial charge in [0.25, 0.3) is 0 Å². The second-order valence-corrected chi connectivity index (χ2v) is 14.1. The van der Waals surface area contributed by atoms with E-state index in [4.69, 9.17) is 4.74 Å². The van der Waals surface area contributed by atoms with Gasteiger partial charge in [-0.3, -0.25) is 4.79 Å². The summed E-state index contributed by atoms with van der Waals surface area (Å²) in [4.78, 5) is 24.8. The number of esters is 1. The molecule has 1 aliphatic carbocycles. The number of hydrogen-bond donors (Lipinski definition) is 2. The van der Waals surface area contributed by atoms with Gasteiger partial charge in [-0.05, 0) is 23.3 Å².